The van der Waals surface area contributed by atoms with Gasteiger partial charge in [-0.2, -0.15) is 0 Å². The number of carbonyl (C=O) groups is 2. The van der Waals surface area contributed by atoms with Gasteiger partial charge >= 0.3 is 5.97 Å². The molecule has 0 aromatic heterocycles. The van der Waals surface area contributed by atoms with E-state index in [1.165, 1.54) is 12.1 Å². The van der Waals surface area contributed by atoms with Crippen LogP contribution in [-0.4, -0.2) is 23.5 Å². The SMILES string of the molecule is O=C(O)CNC(=O)c1cccc(Nc2c(Nc3ccccc3)c(=O)c2=O)c1. The molecule has 27 heavy (non-hydrogen) atoms. The van der Waals surface area contributed by atoms with Gasteiger partial charge in [-0.1, -0.05) is 24.3 Å². The first-order valence-electron chi connectivity index (χ1n) is 7.98. The van der Waals surface area contributed by atoms with Crippen LogP contribution in [0.1, 0.15) is 10.4 Å². The van der Waals surface area contributed by atoms with Gasteiger partial charge in [-0.05, 0) is 30.3 Å². The van der Waals surface area contributed by atoms with Crippen molar-refractivity contribution in [3.8, 4) is 0 Å². The highest BCUT2D eigenvalue weighted by molar-refractivity contribution is 5.97. The van der Waals surface area contributed by atoms with Gasteiger partial charge in [0.25, 0.3) is 16.8 Å². The van der Waals surface area contributed by atoms with E-state index in [0.717, 1.165) is 0 Å². The third-order valence-corrected chi connectivity index (χ3v) is 3.75. The maximum absolute atomic E-state index is 11.9. The molecule has 0 radical (unpaired) electrons. The minimum Gasteiger partial charge on any atom is -0.480 e. The van der Waals surface area contributed by atoms with E-state index in [-0.39, 0.29) is 16.9 Å². The second-order valence-electron chi connectivity index (χ2n) is 5.68. The van der Waals surface area contributed by atoms with Crippen molar-refractivity contribution in [1.82, 2.24) is 5.32 Å². The Labute approximate surface area is 153 Å². The molecule has 0 saturated heterocycles. The lowest BCUT2D eigenvalue weighted by atomic mass is 10.1. The van der Waals surface area contributed by atoms with Crippen LogP contribution < -0.4 is 26.8 Å². The van der Waals surface area contributed by atoms with E-state index in [0.29, 0.717) is 11.4 Å². The van der Waals surface area contributed by atoms with Gasteiger partial charge in [0, 0.05) is 16.9 Å². The number of para-hydroxylation sites is 1. The summed E-state index contributed by atoms with van der Waals surface area (Å²) in [5, 5.41) is 16.6. The van der Waals surface area contributed by atoms with Crippen LogP contribution in [0.5, 0.6) is 0 Å². The molecule has 0 fully saturated rings. The van der Waals surface area contributed by atoms with Crippen LogP contribution in [0, 0.1) is 0 Å². The number of benzene rings is 2. The number of carboxylic acid groups (broad SMARTS) is 1. The van der Waals surface area contributed by atoms with Crippen LogP contribution in [-0.2, 0) is 4.79 Å². The smallest absolute Gasteiger partial charge is 0.322 e. The first-order valence-corrected chi connectivity index (χ1v) is 7.98. The number of hydrogen-bond donors (Lipinski definition) is 4. The standard InChI is InChI=1S/C19H15N3O5/c23-14(24)10-20-19(27)11-5-4-8-13(9-11)22-16-15(17(25)18(16)26)21-12-6-2-1-3-7-12/h1-9,21-22H,10H2,(H,20,27)(H,23,24). The van der Waals surface area contributed by atoms with E-state index in [9.17, 15) is 19.2 Å². The van der Waals surface area contributed by atoms with E-state index in [1.54, 1.807) is 36.4 Å². The molecule has 0 aliphatic heterocycles. The second kappa shape index (κ2) is 7.52. The lowest BCUT2D eigenvalue weighted by Gasteiger charge is -2.15. The summed E-state index contributed by atoms with van der Waals surface area (Å²) in [5.41, 5.74) is 0.262. The van der Waals surface area contributed by atoms with Crippen molar-refractivity contribution in [2.75, 3.05) is 17.2 Å². The predicted octanol–water partition coefficient (Wildman–Crippen LogP) is 1.58. The fourth-order valence-corrected chi connectivity index (χ4v) is 2.44. The van der Waals surface area contributed by atoms with Crippen LogP contribution in [0.2, 0.25) is 0 Å². The highest BCUT2D eigenvalue weighted by Crippen LogP contribution is 2.24. The molecule has 3 aromatic rings. The Morgan fingerprint density at radius 3 is 2.04 bits per heavy atom. The third kappa shape index (κ3) is 4.01. The molecule has 8 heteroatoms. The lowest BCUT2D eigenvalue weighted by Crippen LogP contribution is -2.35. The quantitative estimate of drug-likeness (QED) is 0.469. The van der Waals surface area contributed by atoms with E-state index in [4.69, 9.17) is 5.11 Å². The molecular weight excluding hydrogens is 350 g/mol. The van der Waals surface area contributed by atoms with Gasteiger partial charge in [0.05, 0.1) is 0 Å². The molecule has 3 rings (SSSR count). The normalized spacial score (nSPS) is 10.4. The highest BCUT2D eigenvalue weighted by atomic mass is 16.4. The summed E-state index contributed by atoms with van der Waals surface area (Å²) >= 11 is 0. The second-order valence-corrected chi connectivity index (χ2v) is 5.68. The monoisotopic (exact) mass is 365 g/mol. The van der Waals surface area contributed by atoms with Crippen LogP contribution in [0.25, 0.3) is 0 Å². The number of hydrogen-bond acceptors (Lipinski definition) is 6. The molecule has 1 amide bonds. The zero-order chi connectivity index (χ0) is 19.4. The maximum Gasteiger partial charge on any atom is 0.322 e. The summed E-state index contributed by atoms with van der Waals surface area (Å²) in [5.74, 6) is -1.72. The van der Waals surface area contributed by atoms with E-state index >= 15 is 0 Å². The number of anilines is 4. The van der Waals surface area contributed by atoms with E-state index in [1.807, 2.05) is 6.07 Å². The zero-order valence-electron chi connectivity index (χ0n) is 14.0. The van der Waals surface area contributed by atoms with Gasteiger partial charge < -0.3 is 21.1 Å². The molecule has 0 heterocycles. The highest BCUT2D eigenvalue weighted by Gasteiger charge is 2.21. The number of rotatable bonds is 7. The van der Waals surface area contributed by atoms with Crippen molar-refractivity contribution in [1.29, 1.82) is 0 Å². The molecule has 0 unspecified atom stereocenters. The summed E-state index contributed by atoms with van der Waals surface area (Å²) in [4.78, 5) is 46.3. The lowest BCUT2D eigenvalue weighted by molar-refractivity contribution is -0.135. The fraction of sp³-hybridized carbons (Fsp3) is 0.0526. The van der Waals surface area contributed by atoms with Gasteiger partial charge in [-0.3, -0.25) is 19.2 Å². The Hall–Kier alpha value is -3.94. The van der Waals surface area contributed by atoms with Gasteiger partial charge in [0.15, 0.2) is 0 Å². The third-order valence-electron chi connectivity index (χ3n) is 3.75. The minimum atomic E-state index is -1.15. The zero-order valence-corrected chi connectivity index (χ0v) is 14.0. The van der Waals surface area contributed by atoms with Crippen molar-refractivity contribution in [2.45, 2.75) is 0 Å². The molecule has 0 bridgehead atoms. The number of nitrogens with one attached hydrogen (secondary N) is 3. The number of carbonyl (C=O) groups excluding carboxylic acids is 1. The summed E-state index contributed by atoms with van der Waals surface area (Å²) in [6.07, 6.45) is 0. The number of aliphatic carboxylic acids is 1. The Morgan fingerprint density at radius 2 is 1.41 bits per heavy atom. The minimum absolute atomic E-state index is 0.104. The molecule has 3 aromatic carbocycles. The van der Waals surface area contributed by atoms with Crippen molar-refractivity contribution < 1.29 is 14.7 Å². The Balaban J connectivity index is 1.78. The van der Waals surface area contributed by atoms with Crippen LogP contribution in [0.15, 0.2) is 64.2 Å². The molecule has 0 saturated carbocycles. The Morgan fingerprint density at radius 1 is 0.815 bits per heavy atom. The summed E-state index contributed by atoms with van der Waals surface area (Å²) in [6.45, 7) is -0.500. The van der Waals surface area contributed by atoms with Crippen LogP contribution >= 0.6 is 0 Å². The van der Waals surface area contributed by atoms with Gasteiger partial charge in [0.2, 0.25) is 0 Å². The van der Waals surface area contributed by atoms with Crippen molar-refractivity contribution in [3.05, 3.63) is 80.6 Å². The van der Waals surface area contributed by atoms with Gasteiger partial charge in [0.1, 0.15) is 17.9 Å². The predicted molar refractivity (Wildman–Crippen MR) is 101 cm³/mol. The largest absolute Gasteiger partial charge is 0.480 e. The average Bonchev–Trinajstić information content (AvgIpc) is 2.69. The summed E-state index contributed by atoms with van der Waals surface area (Å²) in [7, 11) is 0. The average molecular weight is 365 g/mol. The summed E-state index contributed by atoms with van der Waals surface area (Å²) in [6, 6.07) is 15.1. The molecule has 0 aliphatic carbocycles. The van der Waals surface area contributed by atoms with Crippen molar-refractivity contribution in [3.63, 3.8) is 0 Å². The molecule has 8 nitrogen and oxygen atoms in total. The Kier molecular flexibility index (Phi) is 4.98. The van der Waals surface area contributed by atoms with Crippen LogP contribution in [0.4, 0.5) is 22.7 Å². The number of amides is 1. The van der Waals surface area contributed by atoms with E-state index < -0.39 is 29.3 Å². The summed E-state index contributed by atoms with van der Waals surface area (Å²) < 4.78 is 0. The molecule has 0 atom stereocenters. The maximum atomic E-state index is 11.9. The number of carboxylic acids is 1. The molecule has 4 N–H and O–H groups in total. The van der Waals surface area contributed by atoms with Gasteiger partial charge in [-0.15, -0.1) is 0 Å². The first-order chi connectivity index (χ1) is 13.0. The molecule has 0 spiro atoms. The first kappa shape index (κ1) is 17.9. The van der Waals surface area contributed by atoms with E-state index in [2.05, 4.69) is 16.0 Å². The van der Waals surface area contributed by atoms with Crippen molar-refractivity contribution in [2.24, 2.45) is 0 Å². The van der Waals surface area contributed by atoms with Gasteiger partial charge in [-0.25, -0.2) is 0 Å². The molecule has 0 aliphatic rings. The van der Waals surface area contributed by atoms with Crippen LogP contribution in [0.3, 0.4) is 0 Å². The Bertz CT molecular complexity index is 1070. The molecule has 136 valence electrons. The van der Waals surface area contributed by atoms with Crippen molar-refractivity contribution >= 4 is 34.6 Å². The topological polar surface area (TPSA) is 125 Å². The fourth-order valence-electron chi connectivity index (χ4n) is 2.44. The molecular formula is C19H15N3O5.